The van der Waals surface area contributed by atoms with Crippen LogP contribution in [0.5, 0.6) is 5.75 Å². The summed E-state index contributed by atoms with van der Waals surface area (Å²) in [6, 6.07) is 4.84. The van der Waals surface area contributed by atoms with Gasteiger partial charge in [0.25, 0.3) is 5.91 Å². The van der Waals surface area contributed by atoms with Crippen LogP contribution in [0.25, 0.3) is 11.0 Å². The summed E-state index contributed by atoms with van der Waals surface area (Å²) in [6.45, 7) is -1.43. The molecule has 0 saturated carbocycles. The van der Waals surface area contributed by atoms with Crippen LogP contribution in [0, 0.1) is 29.2 Å². The van der Waals surface area contributed by atoms with Crippen molar-refractivity contribution < 1.29 is 55.8 Å². The van der Waals surface area contributed by atoms with Crippen LogP contribution in [0.1, 0.15) is 16.9 Å². The molecule has 0 bridgehead atoms. The Hall–Kier alpha value is -4.53. The van der Waals surface area contributed by atoms with E-state index in [4.69, 9.17) is 9.26 Å². The number of carbonyl (C=O) groups is 4. The molecular weight excluding hydrogens is 546 g/mol. The van der Waals surface area contributed by atoms with E-state index in [9.17, 15) is 41.8 Å². The van der Waals surface area contributed by atoms with Crippen molar-refractivity contribution in [1.82, 2.24) is 15.4 Å². The van der Waals surface area contributed by atoms with E-state index in [0.29, 0.717) is 11.0 Å². The van der Waals surface area contributed by atoms with Crippen LogP contribution in [0.15, 0.2) is 34.9 Å². The van der Waals surface area contributed by atoms with Gasteiger partial charge in [-0.05, 0) is 12.1 Å². The number of nitrogens with zero attached hydrogens (tertiary/aromatic N) is 2. The number of para-hydroxylation sites is 1. The summed E-state index contributed by atoms with van der Waals surface area (Å²) in [5, 5.41) is 15.7. The van der Waals surface area contributed by atoms with Crippen molar-refractivity contribution in [2.75, 3.05) is 32.9 Å². The SMILES string of the molecule is O=C(O)C[C@H](NC(=O)[C@@H]1COCCN(C(=O)c2noc3ccccc23)C1)C(=O)COc1c(F)c(F)cc(F)c1F. The summed E-state index contributed by atoms with van der Waals surface area (Å²) in [7, 11) is 0. The minimum atomic E-state index is -1.90. The molecule has 1 aliphatic rings. The molecule has 11 nitrogen and oxygen atoms in total. The Balaban J connectivity index is 1.45. The third kappa shape index (κ3) is 6.20. The van der Waals surface area contributed by atoms with Crippen molar-refractivity contribution in [3.8, 4) is 5.75 Å². The summed E-state index contributed by atoms with van der Waals surface area (Å²) < 4.78 is 69.7. The van der Waals surface area contributed by atoms with E-state index in [1.807, 2.05) is 0 Å². The number of carboxylic acid groups (broad SMARTS) is 1. The molecule has 1 fully saturated rings. The number of hydrogen-bond acceptors (Lipinski definition) is 8. The van der Waals surface area contributed by atoms with Crippen molar-refractivity contribution in [2.24, 2.45) is 5.92 Å². The second-order valence-electron chi connectivity index (χ2n) is 8.76. The van der Waals surface area contributed by atoms with Crippen molar-refractivity contribution in [2.45, 2.75) is 12.5 Å². The second kappa shape index (κ2) is 12.1. The zero-order chi connectivity index (χ0) is 29.0. The summed E-state index contributed by atoms with van der Waals surface area (Å²) in [6.07, 6.45) is -0.947. The summed E-state index contributed by atoms with van der Waals surface area (Å²) in [4.78, 5) is 51.4. The molecule has 2 N–H and O–H groups in total. The van der Waals surface area contributed by atoms with Crippen LogP contribution < -0.4 is 10.1 Å². The smallest absolute Gasteiger partial charge is 0.305 e. The Morgan fingerprint density at radius 1 is 1.12 bits per heavy atom. The largest absolute Gasteiger partial charge is 0.481 e. The lowest BCUT2D eigenvalue weighted by atomic mass is 10.1. The maximum Gasteiger partial charge on any atom is 0.305 e. The number of aliphatic carboxylic acids is 1. The first-order valence-electron chi connectivity index (χ1n) is 11.8. The van der Waals surface area contributed by atoms with Crippen LogP contribution in [-0.2, 0) is 19.1 Å². The Bertz CT molecular complexity index is 1440. The van der Waals surface area contributed by atoms with Gasteiger partial charge in [0.2, 0.25) is 17.5 Å². The molecule has 15 heteroatoms. The first-order chi connectivity index (χ1) is 19.1. The molecule has 1 saturated heterocycles. The first-order valence-corrected chi connectivity index (χ1v) is 11.8. The average molecular weight is 567 g/mol. The molecule has 1 aliphatic heterocycles. The van der Waals surface area contributed by atoms with Gasteiger partial charge in [-0.2, -0.15) is 8.78 Å². The number of amides is 2. The number of carboxylic acids is 1. The fourth-order valence-corrected chi connectivity index (χ4v) is 3.97. The number of halogens is 4. The molecule has 0 radical (unpaired) electrons. The lowest BCUT2D eigenvalue weighted by Gasteiger charge is -2.24. The number of benzene rings is 2. The fourth-order valence-electron chi connectivity index (χ4n) is 3.97. The third-order valence-corrected chi connectivity index (χ3v) is 6.02. The van der Waals surface area contributed by atoms with Gasteiger partial charge in [-0.3, -0.25) is 19.2 Å². The normalized spacial score (nSPS) is 16.3. The molecule has 2 atom stereocenters. The predicted molar refractivity (Wildman–Crippen MR) is 125 cm³/mol. The number of aromatic nitrogens is 1. The van der Waals surface area contributed by atoms with E-state index in [1.165, 1.54) is 4.90 Å². The molecule has 0 aliphatic carbocycles. The topological polar surface area (TPSA) is 148 Å². The minimum absolute atomic E-state index is 0.0148. The molecule has 0 unspecified atom stereocenters. The lowest BCUT2D eigenvalue weighted by molar-refractivity contribution is -0.141. The monoisotopic (exact) mass is 567 g/mol. The highest BCUT2D eigenvalue weighted by molar-refractivity contribution is 6.04. The van der Waals surface area contributed by atoms with Crippen LogP contribution in [-0.4, -0.2) is 77.7 Å². The first kappa shape index (κ1) is 28.5. The molecule has 2 heterocycles. The number of hydrogen-bond donors (Lipinski definition) is 2. The van der Waals surface area contributed by atoms with Gasteiger partial charge in [-0.25, -0.2) is 8.78 Å². The highest BCUT2D eigenvalue weighted by Crippen LogP contribution is 2.26. The van der Waals surface area contributed by atoms with Gasteiger partial charge >= 0.3 is 5.97 Å². The van der Waals surface area contributed by atoms with Crippen LogP contribution >= 0.6 is 0 Å². The van der Waals surface area contributed by atoms with Gasteiger partial charge in [-0.15, -0.1) is 0 Å². The Morgan fingerprint density at radius 2 is 1.82 bits per heavy atom. The van der Waals surface area contributed by atoms with E-state index in [1.54, 1.807) is 24.3 Å². The number of fused-ring (bicyclic) bond motifs is 1. The quantitative estimate of drug-likeness (QED) is 0.293. The Kier molecular flexibility index (Phi) is 8.62. The van der Waals surface area contributed by atoms with Gasteiger partial charge in [-0.1, -0.05) is 17.3 Å². The highest BCUT2D eigenvalue weighted by Gasteiger charge is 2.33. The zero-order valence-electron chi connectivity index (χ0n) is 20.5. The van der Waals surface area contributed by atoms with Crippen molar-refractivity contribution >= 4 is 34.5 Å². The van der Waals surface area contributed by atoms with Crippen molar-refractivity contribution in [1.29, 1.82) is 0 Å². The molecular formula is C25H21F4N3O8. The zero-order valence-corrected chi connectivity index (χ0v) is 20.5. The summed E-state index contributed by atoms with van der Waals surface area (Å²) in [5.41, 5.74) is 0.394. The fraction of sp³-hybridized carbons (Fsp3) is 0.320. The maximum absolute atomic E-state index is 13.8. The van der Waals surface area contributed by atoms with E-state index >= 15 is 0 Å². The van der Waals surface area contributed by atoms with E-state index in [-0.39, 0.29) is 38.1 Å². The van der Waals surface area contributed by atoms with Gasteiger partial charge < -0.3 is 29.3 Å². The molecule has 4 rings (SSSR count). The van der Waals surface area contributed by atoms with Gasteiger partial charge in [0.1, 0.15) is 12.6 Å². The van der Waals surface area contributed by atoms with Gasteiger partial charge in [0.15, 0.2) is 34.4 Å². The molecule has 40 heavy (non-hydrogen) atoms. The maximum atomic E-state index is 13.8. The molecule has 2 amide bonds. The molecule has 1 aromatic heterocycles. The Labute approximate surface area is 222 Å². The number of ether oxygens (including phenoxy) is 2. The van der Waals surface area contributed by atoms with Gasteiger partial charge in [0.05, 0.1) is 30.9 Å². The summed E-state index contributed by atoms with van der Waals surface area (Å²) >= 11 is 0. The molecule has 3 aromatic rings. The average Bonchev–Trinajstić information content (AvgIpc) is 3.19. The third-order valence-electron chi connectivity index (χ3n) is 6.02. The predicted octanol–water partition coefficient (Wildman–Crippen LogP) is 2.08. The molecule has 212 valence electrons. The number of ketones is 1. The van der Waals surface area contributed by atoms with E-state index in [0.717, 1.165) is 0 Å². The van der Waals surface area contributed by atoms with Crippen molar-refractivity contribution in [3.63, 3.8) is 0 Å². The van der Waals surface area contributed by atoms with Crippen LogP contribution in [0.3, 0.4) is 0 Å². The highest BCUT2D eigenvalue weighted by atomic mass is 19.2. The van der Waals surface area contributed by atoms with E-state index in [2.05, 4.69) is 15.2 Å². The standard InChI is InChI=1S/C25H21F4N3O8/c26-14-7-15(27)21(29)23(20(14)28)39-11-17(33)16(8-19(34)35)30-24(36)12-9-32(5-6-38-10-12)25(37)22-13-3-1-2-4-18(13)40-31-22/h1-4,7,12,16H,5-6,8-11H2,(H,30,36)(H,34,35)/t12-,16-/m0/s1. The Morgan fingerprint density at radius 3 is 2.52 bits per heavy atom. The number of carbonyl (C=O) groups excluding carboxylic acids is 3. The van der Waals surface area contributed by atoms with Gasteiger partial charge in [0, 0.05) is 19.2 Å². The molecule has 2 aromatic carbocycles. The van der Waals surface area contributed by atoms with Crippen LogP contribution in [0.4, 0.5) is 17.6 Å². The molecule has 0 spiro atoms. The number of rotatable bonds is 9. The summed E-state index contributed by atoms with van der Waals surface area (Å²) in [5.74, 6) is -14.0. The van der Waals surface area contributed by atoms with Crippen LogP contribution in [0.2, 0.25) is 0 Å². The lowest BCUT2D eigenvalue weighted by Crippen LogP contribution is -2.49. The van der Waals surface area contributed by atoms with E-state index < -0.39 is 77.6 Å². The number of Topliss-reactive ketones (excluding diaryl/α,β-unsaturated/α-hetero) is 1. The van der Waals surface area contributed by atoms with Crippen molar-refractivity contribution in [3.05, 3.63) is 59.3 Å². The minimum Gasteiger partial charge on any atom is -0.481 e. The number of nitrogens with one attached hydrogen (secondary N) is 1. The second-order valence-corrected chi connectivity index (χ2v) is 8.76.